The largest absolute Gasteiger partial charge is 0.480 e. The third kappa shape index (κ3) is 5.74. The molecular formula is C11H24N2O2. The summed E-state index contributed by atoms with van der Waals surface area (Å²) in [6, 6.07) is -0.207. The Hall–Kier alpha value is -0.610. The van der Waals surface area contributed by atoms with Crippen LogP contribution in [0.4, 0.5) is 0 Å². The predicted octanol–water partition coefficient (Wildman–Crippen LogP) is 1.17. The molecule has 0 aromatic rings. The molecule has 0 fully saturated rings. The van der Waals surface area contributed by atoms with E-state index in [2.05, 4.69) is 24.1 Å². The van der Waals surface area contributed by atoms with Gasteiger partial charge in [0.05, 0.1) is 0 Å². The summed E-state index contributed by atoms with van der Waals surface area (Å²) < 4.78 is 0. The van der Waals surface area contributed by atoms with Gasteiger partial charge in [-0.25, -0.2) is 0 Å². The van der Waals surface area contributed by atoms with Crippen LogP contribution < -0.4 is 5.32 Å². The molecule has 0 rings (SSSR count). The lowest BCUT2D eigenvalue weighted by Crippen LogP contribution is -2.46. The fourth-order valence-electron chi connectivity index (χ4n) is 1.63. The van der Waals surface area contributed by atoms with Crippen molar-refractivity contribution >= 4 is 5.97 Å². The lowest BCUT2D eigenvalue weighted by Gasteiger charge is -2.25. The van der Waals surface area contributed by atoms with E-state index < -0.39 is 12.0 Å². The minimum absolute atomic E-state index is 0.214. The highest BCUT2D eigenvalue weighted by molar-refractivity contribution is 5.73. The van der Waals surface area contributed by atoms with Crippen molar-refractivity contribution in [2.24, 2.45) is 0 Å². The first kappa shape index (κ1) is 14.4. The van der Waals surface area contributed by atoms with Gasteiger partial charge in [-0.05, 0) is 26.4 Å². The van der Waals surface area contributed by atoms with E-state index in [4.69, 9.17) is 5.11 Å². The SMILES string of the molecule is CCC(NC(C)CN(CC)CC)C(=O)O. The van der Waals surface area contributed by atoms with Crippen molar-refractivity contribution in [3.63, 3.8) is 0 Å². The minimum Gasteiger partial charge on any atom is -0.480 e. The fourth-order valence-corrected chi connectivity index (χ4v) is 1.63. The maximum Gasteiger partial charge on any atom is 0.320 e. The van der Waals surface area contributed by atoms with Gasteiger partial charge in [-0.2, -0.15) is 0 Å². The number of rotatable bonds is 8. The van der Waals surface area contributed by atoms with Gasteiger partial charge in [0, 0.05) is 12.6 Å². The van der Waals surface area contributed by atoms with Crippen LogP contribution in [-0.4, -0.2) is 47.7 Å². The molecule has 0 saturated heterocycles. The highest BCUT2D eigenvalue weighted by Crippen LogP contribution is 1.97. The Bertz CT molecular complexity index is 181. The number of carboxylic acid groups (broad SMARTS) is 1. The topological polar surface area (TPSA) is 52.6 Å². The summed E-state index contributed by atoms with van der Waals surface area (Å²) in [6.45, 7) is 11.1. The average molecular weight is 216 g/mol. The second kappa shape index (κ2) is 7.65. The van der Waals surface area contributed by atoms with Crippen molar-refractivity contribution in [2.45, 2.75) is 46.2 Å². The zero-order chi connectivity index (χ0) is 11.8. The number of aliphatic carboxylic acids is 1. The normalized spacial score (nSPS) is 15.3. The molecule has 0 amide bonds. The molecule has 4 heteroatoms. The molecule has 0 aromatic carbocycles. The molecule has 4 nitrogen and oxygen atoms in total. The van der Waals surface area contributed by atoms with Gasteiger partial charge in [0.1, 0.15) is 6.04 Å². The summed E-state index contributed by atoms with van der Waals surface area (Å²) >= 11 is 0. The summed E-state index contributed by atoms with van der Waals surface area (Å²) in [5, 5.41) is 12.0. The molecule has 0 spiro atoms. The highest BCUT2D eigenvalue weighted by Gasteiger charge is 2.17. The van der Waals surface area contributed by atoms with E-state index in [1.54, 1.807) is 0 Å². The molecule has 0 radical (unpaired) electrons. The van der Waals surface area contributed by atoms with Crippen molar-refractivity contribution < 1.29 is 9.90 Å². The Morgan fingerprint density at radius 1 is 1.33 bits per heavy atom. The van der Waals surface area contributed by atoms with Crippen LogP contribution in [0.25, 0.3) is 0 Å². The predicted molar refractivity (Wildman–Crippen MR) is 62.1 cm³/mol. The van der Waals surface area contributed by atoms with Crippen molar-refractivity contribution in [3.8, 4) is 0 Å². The minimum atomic E-state index is -0.760. The molecule has 2 unspecified atom stereocenters. The van der Waals surface area contributed by atoms with E-state index in [1.165, 1.54) is 0 Å². The first-order valence-corrected chi connectivity index (χ1v) is 5.76. The second-order valence-electron chi connectivity index (χ2n) is 3.85. The van der Waals surface area contributed by atoms with Gasteiger partial charge in [-0.1, -0.05) is 20.8 Å². The van der Waals surface area contributed by atoms with E-state index in [-0.39, 0.29) is 6.04 Å². The monoisotopic (exact) mass is 216 g/mol. The van der Waals surface area contributed by atoms with Crippen molar-refractivity contribution in [1.82, 2.24) is 10.2 Å². The maximum atomic E-state index is 10.8. The number of nitrogens with one attached hydrogen (secondary N) is 1. The summed E-state index contributed by atoms with van der Waals surface area (Å²) in [5.41, 5.74) is 0. The average Bonchev–Trinajstić information content (AvgIpc) is 2.22. The van der Waals surface area contributed by atoms with Gasteiger partial charge < -0.3 is 15.3 Å². The fraction of sp³-hybridized carbons (Fsp3) is 0.909. The van der Waals surface area contributed by atoms with Crippen LogP contribution >= 0.6 is 0 Å². The number of carbonyl (C=O) groups is 1. The molecule has 0 aliphatic rings. The van der Waals surface area contributed by atoms with Crippen molar-refractivity contribution in [3.05, 3.63) is 0 Å². The van der Waals surface area contributed by atoms with Gasteiger partial charge in [-0.3, -0.25) is 4.79 Å². The lowest BCUT2D eigenvalue weighted by molar-refractivity contribution is -0.139. The van der Waals surface area contributed by atoms with Crippen LogP contribution in [0.5, 0.6) is 0 Å². The maximum absolute atomic E-state index is 10.8. The Morgan fingerprint density at radius 3 is 2.20 bits per heavy atom. The molecule has 2 N–H and O–H groups in total. The van der Waals surface area contributed by atoms with Crippen molar-refractivity contribution in [1.29, 1.82) is 0 Å². The van der Waals surface area contributed by atoms with Crippen LogP contribution in [0.1, 0.15) is 34.1 Å². The van der Waals surface area contributed by atoms with Gasteiger partial charge in [-0.15, -0.1) is 0 Å². The van der Waals surface area contributed by atoms with Crippen LogP contribution in [0, 0.1) is 0 Å². The van der Waals surface area contributed by atoms with E-state index in [0.717, 1.165) is 19.6 Å². The zero-order valence-electron chi connectivity index (χ0n) is 10.3. The van der Waals surface area contributed by atoms with Gasteiger partial charge in [0.15, 0.2) is 0 Å². The number of hydrogen-bond donors (Lipinski definition) is 2. The molecule has 0 aliphatic heterocycles. The Balaban J connectivity index is 3.99. The van der Waals surface area contributed by atoms with E-state index >= 15 is 0 Å². The molecule has 0 bridgehead atoms. The summed E-state index contributed by atoms with van der Waals surface area (Å²) in [6.07, 6.45) is 0.623. The van der Waals surface area contributed by atoms with Gasteiger partial charge in [0.2, 0.25) is 0 Å². The third-order valence-corrected chi connectivity index (χ3v) is 2.62. The van der Waals surface area contributed by atoms with Crippen molar-refractivity contribution in [2.75, 3.05) is 19.6 Å². The first-order chi connectivity index (χ1) is 7.04. The molecule has 0 aliphatic carbocycles. The first-order valence-electron chi connectivity index (χ1n) is 5.76. The third-order valence-electron chi connectivity index (χ3n) is 2.62. The Kier molecular flexibility index (Phi) is 7.34. The standard InChI is InChI=1S/C11H24N2O2/c1-5-10(11(14)15)12-9(4)8-13(6-2)7-3/h9-10,12H,5-8H2,1-4H3,(H,14,15). The van der Waals surface area contributed by atoms with Crippen LogP contribution in [0.2, 0.25) is 0 Å². The molecule has 90 valence electrons. The lowest BCUT2D eigenvalue weighted by atomic mass is 10.2. The van der Waals surface area contributed by atoms with Gasteiger partial charge in [0.25, 0.3) is 0 Å². The van der Waals surface area contributed by atoms with Gasteiger partial charge >= 0.3 is 5.97 Å². The smallest absolute Gasteiger partial charge is 0.320 e. The number of hydrogen-bond acceptors (Lipinski definition) is 3. The Labute approximate surface area is 92.7 Å². The highest BCUT2D eigenvalue weighted by atomic mass is 16.4. The Morgan fingerprint density at radius 2 is 1.87 bits per heavy atom. The van der Waals surface area contributed by atoms with E-state index in [0.29, 0.717) is 6.42 Å². The molecular weight excluding hydrogens is 192 g/mol. The van der Waals surface area contributed by atoms with Crippen LogP contribution in [0.15, 0.2) is 0 Å². The van der Waals surface area contributed by atoms with Crippen LogP contribution in [0.3, 0.4) is 0 Å². The second-order valence-corrected chi connectivity index (χ2v) is 3.85. The molecule has 15 heavy (non-hydrogen) atoms. The number of likely N-dealkylation sites (N-methyl/N-ethyl adjacent to an activating group) is 1. The summed E-state index contributed by atoms with van der Waals surface area (Å²) in [4.78, 5) is 13.1. The molecule has 0 aromatic heterocycles. The van der Waals surface area contributed by atoms with E-state index in [1.807, 2.05) is 13.8 Å². The molecule has 0 saturated carbocycles. The summed E-state index contributed by atoms with van der Waals surface area (Å²) in [5.74, 6) is -0.760. The molecule has 0 heterocycles. The molecule has 2 atom stereocenters. The van der Waals surface area contributed by atoms with E-state index in [9.17, 15) is 4.79 Å². The number of carboxylic acids is 1. The number of nitrogens with zero attached hydrogens (tertiary/aromatic N) is 1. The zero-order valence-corrected chi connectivity index (χ0v) is 10.3. The quantitative estimate of drug-likeness (QED) is 0.639. The van der Waals surface area contributed by atoms with Crippen LogP contribution in [-0.2, 0) is 4.79 Å². The summed E-state index contributed by atoms with van der Waals surface area (Å²) in [7, 11) is 0.